The van der Waals surface area contributed by atoms with Gasteiger partial charge in [0.05, 0.1) is 42.0 Å². The predicted octanol–water partition coefficient (Wildman–Crippen LogP) is -1.56. The van der Waals surface area contributed by atoms with Crippen molar-refractivity contribution < 1.29 is 45.0 Å². The van der Waals surface area contributed by atoms with Crippen LogP contribution in [0.2, 0.25) is 0 Å². The molecule has 23 heavy (non-hydrogen) atoms. The van der Waals surface area contributed by atoms with Crippen molar-refractivity contribution in [2.24, 2.45) is 5.73 Å². The maximum Gasteiger partial charge on any atom is 0.335 e. The fourth-order valence-corrected chi connectivity index (χ4v) is 1.15. The minimum absolute atomic E-state index is 0.368. The number of carboxylic acids is 3. The monoisotopic (exact) mass is 331 g/mol. The third kappa shape index (κ3) is 6.40. The van der Waals surface area contributed by atoms with E-state index in [0.29, 0.717) is 0 Å². The Kier molecular flexibility index (Phi) is 7.83. The number of aliphatic hydroxyl groups is 3. The Labute approximate surface area is 130 Å². The molecular formula is C13H17NO9. The van der Waals surface area contributed by atoms with Crippen LogP contribution in [0.15, 0.2) is 18.2 Å². The van der Waals surface area contributed by atoms with E-state index < -0.39 is 43.3 Å². The summed E-state index contributed by atoms with van der Waals surface area (Å²) in [6, 6.07) is 2.70. The zero-order valence-corrected chi connectivity index (χ0v) is 11.8. The number of benzene rings is 1. The molecule has 1 rings (SSSR count). The molecule has 1 aromatic rings. The summed E-state index contributed by atoms with van der Waals surface area (Å²) < 4.78 is 0. The van der Waals surface area contributed by atoms with Crippen molar-refractivity contribution in [3.63, 3.8) is 0 Å². The highest BCUT2D eigenvalue weighted by Gasteiger charge is 2.20. The van der Waals surface area contributed by atoms with Crippen LogP contribution in [0, 0.1) is 0 Å². The predicted molar refractivity (Wildman–Crippen MR) is 75.5 cm³/mol. The van der Waals surface area contributed by atoms with E-state index >= 15 is 0 Å². The zero-order chi connectivity index (χ0) is 18.2. The molecule has 0 saturated heterocycles. The molecule has 8 N–H and O–H groups in total. The van der Waals surface area contributed by atoms with Gasteiger partial charge in [-0.1, -0.05) is 0 Å². The molecule has 0 amide bonds. The molecule has 0 aromatic heterocycles. The molecule has 0 radical (unpaired) electrons. The van der Waals surface area contributed by atoms with E-state index in [0.717, 1.165) is 18.2 Å². The smallest absolute Gasteiger partial charge is 0.335 e. The van der Waals surface area contributed by atoms with E-state index in [1.54, 1.807) is 0 Å². The normalized spacial score (nSPS) is 10.4. The molecule has 0 saturated carbocycles. The van der Waals surface area contributed by atoms with Gasteiger partial charge < -0.3 is 36.4 Å². The molecule has 0 spiro atoms. The first-order valence-electron chi connectivity index (χ1n) is 6.06. The number of hydrogen-bond donors (Lipinski definition) is 7. The van der Waals surface area contributed by atoms with Crippen LogP contribution in [0.25, 0.3) is 0 Å². The van der Waals surface area contributed by atoms with E-state index in [1.807, 2.05) is 0 Å². The van der Waals surface area contributed by atoms with Gasteiger partial charge in [-0.3, -0.25) is 0 Å². The largest absolute Gasteiger partial charge is 0.478 e. The van der Waals surface area contributed by atoms with Gasteiger partial charge in [0.15, 0.2) is 0 Å². The van der Waals surface area contributed by atoms with Crippen molar-refractivity contribution in [2.75, 3.05) is 19.8 Å². The molecule has 0 unspecified atom stereocenters. The first kappa shape index (κ1) is 20.5. The summed E-state index contributed by atoms with van der Waals surface area (Å²) in [7, 11) is 0. The minimum atomic E-state index is -1.37. The summed E-state index contributed by atoms with van der Waals surface area (Å²) in [6.45, 7) is -1.21. The van der Waals surface area contributed by atoms with Gasteiger partial charge in [0, 0.05) is 0 Å². The standard InChI is InChI=1S/C9H6O6.C4H11NO3/c10-7(11)4-1-5(8(12)13)3-6(2-4)9(14)15;5-4(1-6,2-7)3-8/h1-3H,(H,10,11)(H,12,13)(H,14,15);6-8H,1-3,5H2. The fourth-order valence-electron chi connectivity index (χ4n) is 1.15. The van der Waals surface area contributed by atoms with Gasteiger partial charge in [0.25, 0.3) is 0 Å². The Morgan fingerprint density at radius 1 is 0.739 bits per heavy atom. The second-order valence-corrected chi connectivity index (χ2v) is 4.55. The average Bonchev–Trinajstić information content (AvgIpc) is 2.54. The van der Waals surface area contributed by atoms with Crippen molar-refractivity contribution in [1.29, 1.82) is 0 Å². The summed E-state index contributed by atoms with van der Waals surface area (Å²) >= 11 is 0. The van der Waals surface area contributed by atoms with Crippen LogP contribution < -0.4 is 5.73 Å². The Balaban J connectivity index is 0.000000515. The summed E-state index contributed by atoms with van der Waals surface area (Å²) in [5, 5.41) is 50.9. The number of carboxylic acid groups (broad SMARTS) is 3. The number of hydrogen-bond acceptors (Lipinski definition) is 7. The minimum Gasteiger partial charge on any atom is -0.478 e. The zero-order valence-electron chi connectivity index (χ0n) is 11.8. The Bertz CT molecular complexity index is 494. The van der Waals surface area contributed by atoms with Crippen LogP contribution in [0.3, 0.4) is 0 Å². The van der Waals surface area contributed by atoms with Gasteiger partial charge in [-0.25, -0.2) is 14.4 Å². The molecule has 0 bridgehead atoms. The highest BCUT2D eigenvalue weighted by atomic mass is 16.4. The Morgan fingerprint density at radius 3 is 1.04 bits per heavy atom. The quantitative estimate of drug-likeness (QED) is 0.320. The van der Waals surface area contributed by atoms with Gasteiger partial charge >= 0.3 is 17.9 Å². The average molecular weight is 331 g/mol. The molecule has 10 heteroatoms. The highest BCUT2D eigenvalue weighted by Crippen LogP contribution is 2.11. The molecular weight excluding hydrogens is 314 g/mol. The van der Waals surface area contributed by atoms with Crippen LogP contribution in [-0.2, 0) is 0 Å². The lowest BCUT2D eigenvalue weighted by atomic mass is 10.1. The number of aliphatic hydroxyl groups excluding tert-OH is 3. The van der Waals surface area contributed by atoms with Gasteiger partial charge in [0.2, 0.25) is 0 Å². The maximum atomic E-state index is 10.6. The first-order chi connectivity index (χ1) is 10.6. The molecule has 0 heterocycles. The molecule has 0 aliphatic rings. The fraction of sp³-hybridized carbons (Fsp3) is 0.308. The molecule has 128 valence electrons. The third-order valence-electron chi connectivity index (χ3n) is 2.62. The van der Waals surface area contributed by atoms with Gasteiger partial charge in [-0.2, -0.15) is 0 Å². The Hall–Kier alpha value is -2.53. The first-order valence-corrected chi connectivity index (χ1v) is 6.06. The number of rotatable bonds is 6. The summed E-state index contributed by atoms with van der Waals surface area (Å²) in [4.78, 5) is 31.7. The lowest BCUT2D eigenvalue weighted by molar-refractivity contribution is 0.0689. The van der Waals surface area contributed by atoms with Crippen molar-refractivity contribution in [3.8, 4) is 0 Å². The number of carbonyl (C=O) groups is 3. The molecule has 0 aliphatic heterocycles. The van der Waals surface area contributed by atoms with E-state index in [4.69, 9.17) is 36.4 Å². The summed E-state index contributed by atoms with van der Waals surface area (Å²) in [5.41, 5.74) is 2.83. The van der Waals surface area contributed by atoms with E-state index in [1.165, 1.54) is 0 Å². The van der Waals surface area contributed by atoms with Crippen molar-refractivity contribution >= 4 is 17.9 Å². The van der Waals surface area contributed by atoms with Crippen LogP contribution in [-0.4, -0.2) is 73.9 Å². The van der Waals surface area contributed by atoms with Gasteiger partial charge in [-0.15, -0.1) is 0 Å². The van der Waals surface area contributed by atoms with Crippen LogP contribution >= 0.6 is 0 Å². The molecule has 0 aliphatic carbocycles. The van der Waals surface area contributed by atoms with Crippen LogP contribution in [0.1, 0.15) is 31.1 Å². The molecule has 0 fully saturated rings. The second kappa shape index (κ2) is 8.80. The van der Waals surface area contributed by atoms with Crippen molar-refractivity contribution in [3.05, 3.63) is 34.9 Å². The molecule has 10 nitrogen and oxygen atoms in total. The topological polar surface area (TPSA) is 199 Å². The second-order valence-electron chi connectivity index (χ2n) is 4.55. The SMILES string of the molecule is NC(CO)(CO)CO.O=C(O)c1cc(C(=O)O)cc(C(=O)O)c1. The van der Waals surface area contributed by atoms with Crippen LogP contribution in [0.5, 0.6) is 0 Å². The van der Waals surface area contributed by atoms with Gasteiger partial charge in [0.1, 0.15) is 0 Å². The number of aromatic carboxylic acids is 3. The summed E-state index contributed by atoms with van der Waals surface area (Å²) in [5.74, 6) is -4.12. The van der Waals surface area contributed by atoms with E-state index in [-0.39, 0.29) is 16.7 Å². The maximum absolute atomic E-state index is 10.6. The third-order valence-corrected chi connectivity index (χ3v) is 2.62. The Morgan fingerprint density at radius 2 is 0.957 bits per heavy atom. The molecule has 0 atom stereocenters. The summed E-state index contributed by atoms with van der Waals surface area (Å²) in [6.07, 6.45) is 0. The van der Waals surface area contributed by atoms with Gasteiger partial charge in [-0.05, 0) is 18.2 Å². The van der Waals surface area contributed by atoms with E-state index in [2.05, 4.69) is 0 Å². The number of nitrogens with two attached hydrogens (primary N) is 1. The highest BCUT2D eigenvalue weighted by molar-refractivity contribution is 5.98. The van der Waals surface area contributed by atoms with E-state index in [9.17, 15) is 14.4 Å². The van der Waals surface area contributed by atoms with Crippen molar-refractivity contribution in [1.82, 2.24) is 0 Å². The van der Waals surface area contributed by atoms with Crippen molar-refractivity contribution in [2.45, 2.75) is 5.54 Å². The molecule has 1 aromatic carbocycles. The van der Waals surface area contributed by atoms with Crippen LogP contribution in [0.4, 0.5) is 0 Å². The lowest BCUT2D eigenvalue weighted by Crippen LogP contribution is -2.50. The lowest BCUT2D eigenvalue weighted by Gasteiger charge is -2.20.